The summed E-state index contributed by atoms with van der Waals surface area (Å²) in [5.41, 5.74) is 2.19. The Morgan fingerprint density at radius 1 is 0.950 bits per heavy atom. The number of carbonyl (C=O) groups excluding carboxylic acids is 2. The molecule has 0 aliphatic carbocycles. The van der Waals surface area contributed by atoms with Gasteiger partial charge in [-0.05, 0) is 37.3 Å². The largest absolute Gasteiger partial charge is 0.342 e. The number of hydrogen-bond donors (Lipinski definition) is 0. The first-order chi connectivity index (χ1) is 9.75. The second kappa shape index (κ2) is 5.65. The molecule has 0 atom stereocenters. The second-order valence-corrected chi connectivity index (χ2v) is 5.54. The van der Waals surface area contributed by atoms with Gasteiger partial charge in [-0.3, -0.25) is 9.59 Å². The van der Waals surface area contributed by atoms with Crippen LogP contribution in [0, 0.1) is 0 Å². The Labute approximate surface area is 119 Å². The number of aryl methyl sites for hydroxylation is 1. The molecule has 3 rings (SSSR count). The highest BCUT2D eigenvalue weighted by atomic mass is 16.2. The summed E-state index contributed by atoms with van der Waals surface area (Å²) in [6, 6.07) is 8.00. The first-order valence-electron chi connectivity index (χ1n) is 7.42. The minimum Gasteiger partial charge on any atom is -0.342 e. The van der Waals surface area contributed by atoms with Crippen LogP contribution in [0.15, 0.2) is 24.3 Å². The lowest BCUT2D eigenvalue weighted by atomic mass is 10.0. The van der Waals surface area contributed by atoms with Gasteiger partial charge in [0.15, 0.2) is 0 Å². The van der Waals surface area contributed by atoms with Crippen molar-refractivity contribution in [2.24, 2.45) is 0 Å². The van der Waals surface area contributed by atoms with Gasteiger partial charge >= 0.3 is 0 Å². The van der Waals surface area contributed by atoms with Crippen molar-refractivity contribution in [2.75, 3.05) is 24.5 Å². The summed E-state index contributed by atoms with van der Waals surface area (Å²) < 4.78 is 0. The maximum Gasteiger partial charge on any atom is 0.236 e. The van der Waals surface area contributed by atoms with E-state index in [1.54, 1.807) is 4.90 Å². The maximum absolute atomic E-state index is 12.4. The van der Waals surface area contributed by atoms with Crippen molar-refractivity contribution in [1.29, 1.82) is 0 Å². The molecule has 2 aliphatic rings. The minimum atomic E-state index is -0.0611. The highest BCUT2D eigenvalue weighted by Crippen LogP contribution is 2.27. The molecule has 2 heterocycles. The van der Waals surface area contributed by atoms with Crippen LogP contribution in [0.25, 0.3) is 0 Å². The third kappa shape index (κ3) is 2.55. The third-order valence-electron chi connectivity index (χ3n) is 4.17. The summed E-state index contributed by atoms with van der Waals surface area (Å²) in [4.78, 5) is 28.1. The molecule has 1 saturated heterocycles. The first-order valence-corrected chi connectivity index (χ1v) is 7.42. The van der Waals surface area contributed by atoms with Crippen LogP contribution in [-0.4, -0.2) is 36.3 Å². The number of likely N-dealkylation sites (tertiary alicyclic amines) is 1. The molecule has 0 spiro atoms. The Hall–Kier alpha value is -1.84. The highest BCUT2D eigenvalue weighted by molar-refractivity contribution is 6.05. The fraction of sp³-hybridized carbons (Fsp3) is 0.500. The van der Waals surface area contributed by atoms with Gasteiger partial charge in [0.1, 0.15) is 6.42 Å². The number of para-hydroxylation sites is 1. The average molecular weight is 272 g/mol. The molecule has 20 heavy (non-hydrogen) atoms. The van der Waals surface area contributed by atoms with Crippen LogP contribution in [0.3, 0.4) is 0 Å². The van der Waals surface area contributed by atoms with Crippen molar-refractivity contribution in [3.8, 4) is 0 Å². The Morgan fingerprint density at radius 3 is 2.50 bits per heavy atom. The number of nitrogens with zero attached hydrogens (tertiary/aromatic N) is 2. The predicted molar refractivity (Wildman–Crippen MR) is 77.5 cm³/mol. The summed E-state index contributed by atoms with van der Waals surface area (Å²) in [5, 5.41) is 0. The number of hydrogen-bond acceptors (Lipinski definition) is 2. The molecule has 1 fully saturated rings. The van der Waals surface area contributed by atoms with E-state index in [1.807, 2.05) is 23.1 Å². The number of benzene rings is 1. The Morgan fingerprint density at radius 2 is 1.70 bits per heavy atom. The van der Waals surface area contributed by atoms with Crippen molar-refractivity contribution in [2.45, 2.75) is 32.1 Å². The summed E-state index contributed by atoms with van der Waals surface area (Å²) >= 11 is 0. The Kier molecular flexibility index (Phi) is 3.72. The summed E-state index contributed by atoms with van der Waals surface area (Å²) in [5.74, 6) is -0.0791. The quantitative estimate of drug-likeness (QED) is 0.772. The zero-order valence-electron chi connectivity index (χ0n) is 11.7. The van der Waals surface area contributed by atoms with Crippen molar-refractivity contribution in [1.82, 2.24) is 4.90 Å². The topological polar surface area (TPSA) is 40.6 Å². The second-order valence-electron chi connectivity index (χ2n) is 5.54. The molecule has 0 radical (unpaired) electrons. The fourth-order valence-corrected chi connectivity index (χ4v) is 3.10. The van der Waals surface area contributed by atoms with Crippen LogP contribution in [0.5, 0.6) is 0 Å². The average Bonchev–Trinajstić information content (AvgIpc) is 3.01. The molecular formula is C16H20N2O2. The number of rotatable bonds is 2. The van der Waals surface area contributed by atoms with E-state index >= 15 is 0 Å². The molecule has 2 aliphatic heterocycles. The molecular weight excluding hydrogens is 252 g/mol. The smallest absolute Gasteiger partial charge is 0.236 e. The number of amides is 2. The van der Waals surface area contributed by atoms with Gasteiger partial charge in [0.2, 0.25) is 11.8 Å². The SMILES string of the molecule is O=C(CC(=O)N1CCCc2ccccc21)N1CCCC1. The summed E-state index contributed by atoms with van der Waals surface area (Å²) in [6.45, 7) is 2.34. The highest BCUT2D eigenvalue weighted by Gasteiger charge is 2.26. The molecule has 4 nitrogen and oxygen atoms in total. The molecule has 0 bridgehead atoms. The zero-order chi connectivity index (χ0) is 13.9. The lowest BCUT2D eigenvalue weighted by Gasteiger charge is -2.29. The van der Waals surface area contributed by atoms with Crippen LogP contribution < -0.4 is 4.90 Å². The molecule has 1 aromatic carbocycles. The number of fused-ring (bicyclic) bond motifs is 1. The predicted octanol–water partition coefficient (Wildman–Crippen LogP) is 1.98. The standard InChI is InChI=1S/C16H20N2O2/c19-15(17-9-3-4-10-17)12-16(20)18-11-5-7-13-6-1-2-8-14(13)18/h1-2,6,8H,3-5,7,9-12H2. The van der Waals surface area contributed by atoms with Gasteiger partial charge in [-0.2, -0.15) is 0 Å². The lowest BCUT2D eigenvalue weighted by Crippen LogP contribution is -2.39. The third-order valence-corrected chi connectivity index (χ3v) is 4.17. The van der Waals surface area contributed by atoms with Crippen molar-refractivity contribution in [3.05, 3.63) is 29.8 Å². The molecule has 4 heteroatoms. The van der Waals surface area contributed by atoms with Gasteiger partial charge in [0.25, 0.3) is 0 Å². The molecule has 0 unspecified atom stereocenters. The van der Waals surface area contributed by atoms with E-state index in [9.17, 15) is 9.59 Å². The summed E-state index contributed by atoms with van der Waals surface area (Å²) in [7, 11) is 0. The maximum atomic E-state index is 12.4. The number of carbonyl (C=O) groups is 2. The van der Waals surface area contributed by atoms with E-state index in [1.165, 1.54) is 5.56 Å². The number of anilines is 1. The van der Waals surface area contributed by atoms with E-state index in [2.05, 4.69) is 6.07 Å². The lowest BCUT2D eigenvalue weighted by molar-refractivity contribution is -0.134. The van der Waals surface area contributed by atoms with Gasteiger partial charge in [-0.25, -0.2) is 0 Å². The normalized spacial score (nSPS) is 18.0. The minimum absolute atomic E-state index is 0.00827. The van der Waals surface area contributed by atoms with Crippen LogP contribution in [0.1, 0.15) is 31.2 Å². The van der Waals surface area contributed by atoms with Crippen molar-refractivity contribution in [3.63, 3.8) is 0 Å². The van der Waals surface area contributed by atoms with Gasteiger partial charge < -0.3 is 9.80 Å². The molecule has 0 saturated carbocycles. The van der Waals surface area contributed by atoms with Crippen LogP contribution in [0.4, 0.5) is 5.69 Å². The van der Waals surface area contributed by atoms with E-state index in [4.69, 9.17) is 0 Å². The van der Waals surface area contributed by atoms with Crippen LogP contribution in [-0.2, 0) is 16.0 Å². The molecule has 106 valence electrons. The molecule has 2 amide bonds. The van der Waals surface area contributed by atoms with Gasteiger partial charge in [0, 0.05) is 25.3 Å². The van der Waals surface area contributed by atoms with E-state index in [0.29, 0.717) is 0 Å². The van der Waals surface area contributed by atoms with Gasteiger partial charge in [-0.15, -0.1) is 0 Å². The van der Waals surface area contributed by atoms with Crippen LogP contribution in [0.2, 0.25) is 0 Å². The summed E-state index contributed by atoms with van der Waals surface area (Å²) in [6.07, 6.45) is 4.12. The van der Waals surface area contributed by atoms with Crippen molar-refractivity contribution >= 4 is 17.5 Å². The van der Waals surface area contributed by atoms with E-state index in [-0.39, 0.29) is 18.2 Å². The molecule has 0 N–H and O–H groups in total. The van der Waals surface area contributed by atoms with E-state index in [0.717, 1.165) is 51.0 Å². The van der Waals surface area contributed by atoms with E-state index < -0.39 is 0 Å². The first kappa shape index (κ1) is 13.2. The molecule has 1 aromatic rings. The van der Waals surface area contributed by atoms with Crippen molar-refractivity contribution < 1.29 is 9.59 Å². The molecule has 0 aromatic heterocycles. The fourth-order valence-electron chi connectivity index (χ4n) is 3.10. The Bertz CT molecular complexity index is 521. The van der Waals surface area contributed by atoms with Gasteiger partial charge in [0.05, 0.1) is 0 Å². The Balaban J connectivity index is 1.70. The van der Waals surface area contributed by atoms with Gasteiger partial charge in [-0.1, -0.05) is 18.2 Å². The van der Waals surface area contributed by atoms with Crippen LogP contribution >= 0.6 is 0 Å². The monoisotopic (exact) mass is 272 g/mol. The zero-order valence-corrected chi connectivity index (χ0v) is 11.7.